The highest BCUT2D eigenvalue weighted by atomic mass is 16.5. The molecule has 0 saturated heterocycles. The van der Waals surface area contributed by atoms with E-state index in [0.717, 1.165) is 11.3 Å². The fourth-order valence-corrected chi connectivity index (χ4v) is 2.38. The number of carbonyl (C=O) groups excluding carboxylic acids is 2. The van der Waals surface area contributed by atoms with Crippen LogP contribution in [-0.4, -0.2) is 31.6 Å². The topological polar surface area (TPSA) is 76.7 Å². The van der Waals surface area contributed by atoms with E-state index < -0.39 is 11.8 Å². The Balaban J connectivity index is 1.81. The van der Waals surface area contributed by atoms with Crippen molar-refractivity contribution in [2.75, 3.05) is 19.0 Å². The van der Waals surface area contributed by atoms with Gasteiger partial charge in [0.15, 0.2) is 0 Å². The van der Waals surface area contributed by atoms with Crippen molar-refractivity contribution < 1.29 is 19.1 Å². The van der Waals surface area contributed by atoms with Gasteiger partial charge in [-0.25, -0.2) is 0 Å². The molecule has 0 bridgehead atoms. The number of amides is 2. The molecule has 2 N–H and O–H groups in total. The van der Waals surface area contributed by atoms with Crippen molar-refractivity contribution in [1.29, 1.82) is 0 Å². The quantitative estimate of drug-likeness (QED) is 0.748. The number of para-hydroxylation sites is 1. The van der Waals surface area contributed by atoms with Crippen molar-refractivity contribution in [1.82, 2.24) is 5.32 Å². The highest BCUT2D eigenvalue weighted by Crippen LogP contribution is 2.18. The molecule has 0 fully saturated rings. The number of anilines is 1. The van der Waals surface area contributed by atoms with Gasteiger partial charge in [0.05, 0.1) is 13.2 Å². The van der Waals surface area contributed by atoms with Crippen molar-refractivity contribution in [3.05, 3.63) is 54.1 Å². The van der Waals surface area contributed by atoms with E-state index in [2.05, 4.69) is 10.6 Å². The molecule has 0 spiro atoms. The molecule has 0 atom stereocenters. The molecule has 2 aromatic rings. The van der Waals surface area contributed by atoms with E-state index in [1.165, 1.54) is 0 Å². The molecule has 2 aromatic carbocycles. The number of nitrogens with one attached hydrogen (secondary N) is 2. The molecule has 0 unspecified atom stereocenters. The van der Waals surface area contributed by atoms with Crippen molar-refractivity contribution in [3.63, 3.8) is 0 Å². The van der Waals surface area contributed by atoms with Crippen molar-refractivity contribution in [3.8, 4) is 11.5 Å². The summed E-state index contributed by atoms with van der Waals surface area (Å²) in [6, 6.07) is 14.4. The molecule has 0 aliphatic carbocycles. The first-order valence-electron chi connectivity index (χ1n) is 8.47. The highest BCUT2D eigenvalue weighted by Gasteiger charge is 2.13. The highest BCUT2D eigenvalue weighted by molar-refractivity contribution is 6.39. The van der Waals surface area contributed by atoms with E-state index in [1.54, 1.807) is 31.4 Å². The Morgan fingerprint density at radius 3 is 2.35 bits per heavy atom. The number of hydrogen-bond acceptors (Lipinski definition) is 4. The Morgan fingerprint density at radius 2 is 1.69 bits per heavy atom. The van der Waals surface area contributed by atoms with Crippen LogP contribution in [0.15, 0.2) is 48.5 Å². The Labute approximate surface area is 153 Å². The summed E-state index contributed by atoms with van der Waals surface area (Å²) < 4.78 is 10.8. The van der Waals surface area contributed by atoms with E-state index >= 15 is 0 Å². The maximum atomic E-state index is 12.0. The lowest BCUT2D eigenvalue weighted by Gasteiger charge is -2.11. The second-order valence-corrected chi connectivity index (χ2v) is 5.96. The third kappa shape index (κ3) is 5.81. The molecule has 0 aromatic heterocycles. The monoisotopic (exact) mass is 356 g/mol. The van der Waals surface area contributed by atoms with Gasteiger partial charge in [-0.15, -0.1) is 0 Å². The van der Waals surface area contributed by atoms with Gasteiger partial charge in [-0.1, -0.05) is 18.2 Å². The number of benzene rings is 2. The summed E-state index contributed by atoms with van der Waals surface area (Å²) in [4.78, 5) is 23.9. The molecular weight excluding hydrogens is 332 g/mol. The zero-order chi connectivity index (χ0) is 18.9. The molecule has 26 heavy (non-hydrogen) atoms. The molecule has 2 amide bonds. The van der Waals surface area contributed by atoms with Crippen LogP contribution in [0, 0.1) is 0 Å². The molecule has 0 heterocycles. The summed E-state index contributed by atoms with van der Waals surface area (Å²) in [5.41, 5.74) is 1.50. The number of carbonyl (C=O) groups is 2. The van der Waals surface area contributed by atoms with Crippen molar-refractivity contribution in [2.24, 2.45) is 0 Å². The summed E-state index contributed by atoms with van der Waals surface area (Å²) >= 11 is 0. The largest absolute Gasteiger partial charge is 0.496 e. The van der Waals surface area contributed by atoms with Crippen molar-refractivity contribution >= 4 is 17.5 Å². The lowest BCUT2D eigenvalue weighted by Crippen LogP contribution is -2.36. The van der Waals surface area contributed by atoms with Crippen LogP contribution in [0.4, 0.5) is 5.69 Å². The Bertz CT molecular complexity index is 742. The second-order valence-electron chi connectivity index (χ2n) is 5.96. The third-order valence-electron chi connectivity index (χ3n) is 3.56. The van der Waals surface area contributed by atoms with Gasteiger partial charge in [-0.3, -0.25) is 9.59 Å². The Morgan fingerprint density at radius 1 is 1.00 bits per heavy atom. The smallest absolute Gasteiger partial charge is 0.313 e. The molecule has 0 aliphatic rings. The summed E-state index contributed by atoms with van der Waals surface area (Å²) in [5, 5.41) is 5.17. The molecule has 6 nitrogen and oxygen atoms in total. The molecule has 138 valence electrons. The van der Waals surface area contributed by atoms with Gasteiger partial charge in [-0.05, 0) is 56.2 Å². The summed E-state index contributed by atoms with van der Waals surface area (Å²) in [5.74, 6) is 0.0825. The van der Waals surface area contributed by atoms with Gasteiger partial charge in [0.25, 0.3) is 0 Å². The van der Waals surface area contributed by atoms with Gasteiger partial charge in [0.1, 0.15) is 11.5 Å². The standard InChI is InChI=1S/C20H24N2O4/c1-14(2)26-17-10-8-16(9-11-17)22-20(24)19(23)21-13-12-15-6-4-5-7-18(15)25-3/h4-11,14H,12-13H2,1-3H3,(H,21,23)(H,22,24). The molecule has 0 aliphatic heterocycles. The lowest BCUT2D eigenvalue weighted by molar-refractivity contribution is -0.136. The van der Waals surface area contributed by atoms with Gasteiger partial charge >= 0.3 is 11.8 Å². The summed E-state index contributed by atoms with van der Waals surface area (Å²) in [7, 11) is 1.60. The molecule has 6 heteroatoms. The van der Waals surface area contributed by atoms with E-state index in [9.17, 15) is 9.59 Å². The minimum absolute atomic E-state index is 0.0736. The number of ether oxygens (including phenoxy) is 2. The average molecular weight is 356 g/mol. The van der Waals surface area contributed by atoms with E-state index in [0.29, 0.717) is 24.4 Å². The number of hydrogen-bond donors (Lipinski definition) is 2. The summed E-state index contributed by atoms with van der Waals surface area (Å²) in [6.07, 6.45) is 0.647. The molecule has 2 rings (SSSR count). The van der Waals surface area contributed by atoms with E-state index in [-0.39, 0.29) is 6.10 Å². The van der Waals surface area contributed by atoms with Crippen LogP contribution >= 0.6 is 0 Å². The Kier molecular flexibility index (Phi) is 7.02. The van der Waals surface area contributed by atoms with Gasteiger partial charge < -0.3 is 20.1 Å². The van der Waals surface area contributed by atoms with Crippen LogP contribution in [-0.2, 0) is 16.0 Å². The van der Waals surface area contributed by atoms with Crippen LogP contribution in [0.25, 0.3) is 0 Å². The minimum atomic E-state index is -0.706. The fraction of sp³-hybridized carbons (Fsp3) is 0.300. The number of methoxy groups -OCH3 is 1. The SMILES string of the molecule is COc1ccccc1CCNC(=O)C(=O)Nc1ccc(OC(C)C)cc1. The van der Waals surface area contributed by atoms with Crippen LogP contribution in [0.5, 0.6) is 11.5 Å². The van der Waals surface area contributed by atoms with Gasteiger partial charge in [-0.2, -0.15) is 0 Å². The molecule has 0 saturated carbocycles. The maximum Gasteiger partial charge on any atom is 0.313 e. The number of rotatable bonds is 7. The van der Waals surface area contributed by atoms with Crippen LogP contribution in [0.1, 0.15) is 19.4 Å². The minimum Gasteiger partial charge on any atom is -0.496 e. The first-order chi connectivity index (χ1) is 12.5. The first kappa shape index (κ1) is 19.3. The average Bonchev–Trinajstić information content (AvgIpc) is 2.63. The summed E-state index contributed by atoms with van der Waals surface area (Å²) in [6.45, 7) is 4.21. The predicted molar refractivity (Wildman–Crippen MR) is 101 cm³/mol. The first-order valence-corrected chi connectivity index (χ1v) is 8.47. The van der Waals surface area contributed by atoms with Gasteiger partial charge in [0, 0.05) is 12.2 Å². The third-order valence-corrected chi connectivity index (χ3v) is 3.56. The molecular formula is C20H24N2O4. The zero-order valence-corrected chi connectivity index (χ0v) is 15.2. The Hall–Kier alpha value is -3.02. The van der Waals surface area contributed by atoms with Crippen LogP contribution < -0.4 is 20.1 Å². The van der Waals surface area contributed by atoms with Gasteiger partial charge in [0.2, 0.25) is 0 Å². The zero-order valence-electron chi connectivity index (χ0n) is 15.2. The predicted octanol–water partition coefficient (Wildman–Crippen LogP) is 2.78. The van der Waals surface area contributed by atoms with E-state index in [4.69, 9.17) is 9.47 Å². The maximum absolute atomic E-state index is 12.0. The lowest BCUT2D eigenvalue weighted by atomic mass is 10.1. The van der Waals surface area contributed by atoms with Crippen molar-refractivity contribution in [2.45, 2.75) is 26.4 Å². The fourth-order valence-electron chi connectivity index (χ4n) is 2.38. The van der Waals surface area contributed by atoms with Crippen LogP contribution in [0.3, 0.4) is 0 Å². The second kappa shape index (κ2) is 9.46. The van der Waals surface area contributed by atoms with Crippen LogP contribution in [0.2, 0.25) is 0 Å². The van der Waals surface area contributed by atoms with E-state index in [1.807, 2.05) is 38.1 Å². The molecule has 0 radical (unpaired) electrons. The normalized spacial score (nSPS) is 10.3.